The molecule has 0 saturated carbocycles. The van der Waals surface area contributed by atoms with Crippen LogP contribution in [-0.4, -0.2) is 10.5 Å². The molecule has 0 bridgehead atoms. The highest BCUT2D eigenvalue weighted by molar-refractivity contribution is 5.73. The minimum absolute atomic E-state index is 0.220. The average Bonchev–Trinajstić information content (AvgIpc) is 2.54. The Morgan fingerprint density at radius 1 is 1.38 bits per heavy atom. The Bertz CT molecular complexity index is 510. The molecule has 1 unspecified atom stereocenters. The molecule has 0 saturated heterocycles. The number of oxazole rings is 1. The molecule has 2 rings (SSSR count). The van der Waals surface area contributed by atoms with Gasteiger partial charge in [0.05, 0.1) is 0 Å². The van der Waals surface area contributed by atoms with E-state index in [1.165, 1.54) is 0 Å². The predicted molar refractivity (Wildman–Crippen MR) is 63.9 cm³/mol. The Kier molecular flexibility index (Phi) is 2.48. The molecule has 1 aromatic carbocycles. The third-order valence-electron chi connectivity index (χ3n) is 2.68. The van der Waals surface area contributed by atoms with Gasteiger partial charge in [-0.2, -0.15) is 0 Å². The van der Waals surface area contributed by atoms with Gasteiger partial charge in [0.25, 0.3) is 0 Å². The SMILES string of the molecule is Cc1nc2ccc(C(N)C(C)(C)N)cc2o1. The first-order valence-corrected chi connectivity index (χ1v) is 5.29. The van der Waals surface area contributed by atoms with Crippen molar-refractivity contribution >= 4 is 11.1 Å². The molecule has 1 heterocycles. The Labute approximate surface area is 94.6 Å². The first-order chi connectivity index (χ1) is 7.38. The van der Waals surface area contributed by atoms with Crippen LogP contribution in [0, 0.1) is 6.92 Å². The summed E-state index contributed by atoms with van der Waals surface area (Å²) < 4.78 is 5.46. The lowest BCUT2D eigenvalue weighted by Crippen LogP contribution is -2.43. The van der Waals surface area contributed by atoms with Crippen LogP contribution < -0.4 is 11.5 Å². The van der Waals surface area contributed by atoms with E-state index in [0.717, 1.165) is 16.7 Å². The van der Waals surface area contributed by atoms with Crippen molar-refractivity contribution in [2.24, 2.45) is 11.5 Å². The molecule has 1 atom stereocenters. The first-order valence-electron chi connectivity index (χ1n) is 5.29. The molecule has 16 heavy (non-hydrogen) atoms. The molecule has 0 aliphatic heterocycles. The average molecular weight is 219 g/mol. The van der Waals surface area contributed by atoms with Crippen molar-refractivity contribution < 1.29 is 4.42 Å². The normalized spacial score (nSPS) is 14.3. The zero-order chi connectivity index (χ0) is 11.9. The van der Waals surface area contributed by atoms with Crippen molar-refractivity contribution in [2.45, 2.75) is 32.4 Å². The van der Waals surface area contributed by atoms with E-state index in [0.29, 0.717) is 5.89 Å². The quantitative estimate of drug-likeness (QED) is 0.808. The number of benzene rings is 1. The van der Waals surface area contributed by atoms with Crippen molar-refractivity contribution in [3.05, 3.63) is 29.7 Å². The van der Waals surface area contributed by atoms with Crippen LogP contribution in [0.5, 0.6) is 0 Å². The lowest BCUT2D eigenvalue weighted by Gasteiger charge is -2.27. The van der Waals surface area contributed by atoms with Crippen LogP contribution in [0.25, 0.3) is 11.1 Å². The van der Waals surface area contributed by atoms with E-state index in [1.807, 2.05) is 39.0 Å². The van der Waals surface area contributed by atoms with Gasteiger partial charge in [-0.15, -0.1) is 0 Å². The van der Waals surface area contributed by atoms with Crippen LogP contribution in [0.2, 0.25) is 0 Å². The number of nitrogens with zero attached hydrogens (tertiary/aromatic N) is 1. The van der Waals surface area contributed by atoms with Crippen LogP contribution in [0.3, 0.4) is 0 Å². The van der Waals surface area contributed by atoms with Gasteiger partial charge in [0.1, 0.15) is 5.52 Å². The molecule has 0 fully saturated rings. The van der Waals surface area contributed by atoms with Crippen LogP contribution >= 0.6 is 0 Å². The van der Waals surface area contributed by atoms with Gasteiger partial charge in [-0.1, -0.05) is 6.07 Å². The van der Waals surface area contributed by atoms with Crippen LogP contribution in [0.4, 0.5) is 0 Å². The van der Waals surface area contributed by atoms with Gasteiger partial charge >= 0.3 is 0 Å². The second-order valence-corrected chi connectivity index (χ2v) is 4.76. The molecule has 0 spiro atoms. The molecule has 1 aromatic heterocycles. The fraction of sp³-hybridized carbons (Fsp3) is 0.417. The number of nitrogens with two attached hydrogens (primary N) is 2. The lowest BCUT2D eigenvalue weighted by molar-refractivity contribution is 0.420. The summed E-state index contributed by atoms with van der Waals surface area (Å²) in [6.45, 7) is 5.65. The van der Waals surface area contributed by atoms with Crippen LogP contribution in [-0.2, 0) is 0 Å². The highest BCUT2D eigenvalue weighted by Crippen LogP contribution is 2.24. The molecule has 4 N–H and O–H groups in total. The third kappa shape index (κ3) is 1.94. The summed E-state index contributed by atoms with van der Waals surface area (Å²) in [7, 11) is 0. The maximum Gasteiger partial charge on any atom is 0.192 e. The van der Waals surface area contributed by atoms with Crippen molar-refractivity contribution in [3.63, 3.8) is 0 Å². The van der Waals surface area contributed by atoms with E-state index in [2.05, 4.69) is 4.98 Å². The van der Waals surface area contributed by atoms with Gasteiger partial charge in [0.2, 0.25) is 0 Å². The second kappa shape index (κ2) is 3.57. The Balaban J connectivity index is 2.46. The van der Waals surface area contributed by atoms with Gasteiger partial charge in [-0.05, 0) is 31.5 Å². The van der Waals surface area contributed by atoms with E-state index < -0.39 is 5.54 Å². The molecule has 0 aliphatic carbocycles. The predicted octanol–water partition coefficient (Wildman–Crippen LogP) is 1.87. The smallest absolute Gasteiger partial charge is 0.192 e. The molecular weight excluding hydrogens is 202 g/mol. The number of hydrogen-bond acceptors (Lipinski definition) is 4. The van der Waals surface area contributed by atoms with Gasteiger partial charge in [0, 0.05) is 18.5 Å². The van der Waals surface area contributed by atoms with Gasteiger partial charge in [0.15, 0.2) is 11.5 Å². The largest absolute Gasteiger partial charge is 0.441 e. The molecule has 0 radical (unpaired) electrons. The van der Waals surface area contributed by atoms with E-state index in [-0.39, 0.29) is 6.04 Å². The highest BCUT2D eigenvalue weighted by Gasteiger charge is 2.23. The monoisotopic (exact) mass is 219 g/mol. The number of aryl methyl sites for hydroxylation is 1. The van der Waals surface area contributed by atoms with Gasteiger partial charge in [-0.25, -0.2) is 4.98 Å². The summed E-state index contributed by atoms with van der Waals surface area (Å²) >= 11 is 0. The number of aromatic nitrogens is 1. The zero-order valence-corrected chi connectivity index (χ0v) is 9.82. The Hall–Kier alpha value is -1.39. The fourth-order valence-electron chi connectivity index (χ4n) is 1.68. The minimum atomic E-state index is -0.456. The van der Waals surface area contributed by atoms with Crippen molar-refractivity contribution in [1.29, 1.82) is 0 Å². The van der Waals surface area contributed by atoms with Gasteiger partial charge in [-0.3, -0.25) is 0 Å². The van der Waals surface area contributed by atoms with Gasteiger partial charge < -0.3 is 15.9 Å². The van der Waals surface area contributed by atoms with Crippen LogP contribution in [0.15, 0.2) is 22.6 Å². The van der Waals surface area contributed by atoms with Crippen LogP contribution in [0.1, 0.15) is 31.3 Å². The molecule has 0 amide bonds. The summed E-state index contributed by atoms with van der Waals surface area (Å²) in [5.74, 6) is 0.660. The maximum atomic E-state index is 6.08. The lowest BCUT2D eigenvalue weighted by atomic mass is 9.90. The summed E-state index contributed by atoms with van der Waals surface area (Å²) in [6.07, 6.45) is 0. The van der Waals surface area contributed by atoms with E-state index in [4.69, 9.17) is 15.9 Å². The highest BCUT2D eigenvalue weighted by atomic mass is 16.3. The number of rotatable bonds is 2. The topological polar surface area (TPSA) is 78.1 Å². The Morgan fingerprint density at radius 2 is 2.06 bits per heavy atom. The molecule has 0 aliphatic rings. The summed E-state index contributed by atoms with van der Waals surface area (Å²) in [5, 5.41) is 0. The zero-order valence-electron chi connectivity index (χ0n) is 9.82. The maximum absolute atomic E-state index is 6.08. The Morgan fingerprint density at radius 3 is 2.69 bits per heavy atom. The standard InChI is InChI=1S/C12H17N3O/c1-7-15-9-5-4-8(6-10(9)16-7)11(13)12(2,3)14/h4-6,11H,13-14H2,1-3H3. The van der Waals surface area contributed by atoms with Crippen molar-refractivity contribution in [1.82, 2.24) is 4.98 Å². The number of hydrogen-bond donors (Lipinski definition) is 2. The molecule has 86 valence electrons. The van der Waals surface area contributed by atoms with E-state index in [1.54, 1.807) is 0 Å². The van der Waals surface area contributed by atoms with Crippen molar-refractivity contribution in [2.75, 3.05) is 0 Å². The minimum Gasteiger partial charge on any atom is -0.441 e. The molecule has 2 aromatic rings. The number of fused-ring (bicyclic) bond motifs is 1. The summed E-state index contributed by atoms with van der Waals surface area (Å²) in [5.41, 5.74) is 14.2. The van der Waals surface area contributed by atoms with E-state index >= 15 is 0 Å². The molecule has 4 nitrogen and oxygen atoms in total. The summed E-state index contributed by atoms with van der Waals surface area (Å²) in [6, 6.07) is 5.55. The first kappa shape index (κ1) is 11.1. The van der Waals surface area contributed by atoms with E-state index in [9.17, 15) is 0 Å². The fourth-order valence-corrected chi connectivity index (χ4v) is 1.68. The molecular formula is C12H17N3O. The van der Waals surface area contributed by atoms with Crippen molar-refractivity contribution in [3.8, 4) is 0 Å². The second-order valence-electron chi connectivity index (χ2n) is 4.76. The molecule has 4 heteroatoms. The third-order valence-corrected chi connectivity index (χ3v) is 2.68. The summed E-state index contributed by atoms with van der Waals surface area (Å²) in [4.78, 5) is 4.24.